The predicted molar refractivity (Wildman–Crippen MR) is 126 cm³/mol. The standard InChI is InChI=1S/C24H29N7O3/c1-16-21(12-27-28-24(16)33)29-7-2-3-18(29)15-34-8-6-23(32)31-14-19-9-20(31)13-30(19)22-5-4-17(10-25)11-26-22/h4-5,11-12,18-20H,2-3,6-9,13-15H2,1H3,(H,28,33)/t18-,19+,20+/m0/s1. The molecule has 3 saturated heterocycles. The number of aromatic amines is 1. The first-order valence-corrected chi connectivity index (χ1v) is 11.9. The second-order valence-electron chi connectivity index (χ2n) is 9.28. The summed E-state index contributed by atoms with van der Waals surface area (Å²) in [5, 5.41) is 15.4. The van der Waals surface area contributed by atoms with Crippen LogP contribution in [0, 0.1) is 18.3 Å². The van der Waals surface area contributed by atoms with Crippen LogP contribution in [0.25, 0.3) is 0 Å². The minimum atomic E-state index is -0.164. The van der Waals surface area contributed by atoms with E-state index in [-0.39, 0.29) is 29.6 Å². The van der Waals surface area contributed by atoms with E-state index in [2.05, 4.69) is 31.1 Å². The fourth-order valence-corrected chi connectivity index (χ4v) is 5.46. The summed E-state index contributed by atoms with van der Waals surface area (Å²) in [6.07, 6.45) is 6.67. The van der Waals surface area contributed by atoms with Gasteiger partial charge in [-0.25, -0.2) is 10.1 Å². The number of carbonyl (C=O) groups excluding carboxylic acids is 1. The van der Waals surface area contributed by atoms with Crippen LogP contribution in [-0.2, 0) is 9.53 Å². The maximum Gasteiger partial charge on any atom is 0.269 e. The van der Waals surface area contributed by atoms with Crippen LogP contribution >= 0.6 is 0 Å². The molecule has 1 N–H and O–H groups in total. The number of anilines is 2. The van der Waals surface area contributed by atoms with Crippen molar-refractivity contribution in [1.82, 2.24) is 20.1 Å². The number of nitriles is 1. The third kappa shape index (κ3) is 4.23. The molecule has 178 valence electrons. The molecular formula is C24H29N7O3. The van der Waals surface area contributed by atoms with E-state index in [0.717, 1.165) is 43.9 Å². The molecule has 0 saturated carbocycles. The lowest BCUT2D eigenvalue weighted by Crippen LogP contribution is -2.49. The first-order valence-electron chi connectivity index (χ1n) is 11.9. The number of piperazine rings is 1. The Kier molecular flexibility index (Phi) is 6.20. The predicted octanol–water partition coefficient (Wildman–Crippen LogP) is 1.21. The molecule has 3 aliphatic heterocycles. The van der Waals surface area contributed by atoms with Gasteiger partial charge in [0.1, 0.15) is 11.9 Å². The molecule has 0 aromatic carbocycles. The molecule has 2 bridgehead atoms. The average Bonchev–Trinajstić information content (AvgIpc) is 3.59. The van der Waals surface area contributed by atoms with Crippen molar-refractivity contribution in [2.45, 2.75) is 50.7 Å². The summed E-state index contributed by atoms with van der Waals surface area (Å²) in [6.45, 7) is 5.09. The first kappa shape index (κ1) is 22.3. The molecule has 0 radical (unpaired) electrons. The third-order valence-corrected chi connectivity index (χ3v) is 7.27. The molecule has 3 atom stereocenters. The van der Waals surface area contributed by atoms with Gasteiger partial charge in [0, 0.05) is 31.4 Å². The Hall–Kier alpha value is -3.45. The highest BCUT2D eigenvalue weighted by Crippen LogP contribution is 2.34. The summed E-state index contributed by atoms with van der Waals surface area (Å²) >= 11 is 0. The Bertz CT molecular complexity index is 1140. The van der Waals surface area contributed by atoms with E-state index < -0.39 is 0 Å². The molecule has 5 rings (SSSR count). The summed E-state index contributed by atoms with van der Waals surface area (Å²) in [5.41, 5.74) is 1.92. The van der Waals surface area contributed by atoms with Gasteiger partial charge in [0.25, 0.3) is 5.56 Å². The largest absolute Gasteiger partial charge is 0.379 e. The zero-order valence-corrected chi connectivity index (χ0v) is 19.3. The summed E-state index contributed by atoms with van der Waals surface area (Å²) in [5.74, 6) is 1.01. The van der Waals surface area contributed by atoms with Crippen molar-refractivity contribution in [2.24, 2.45) is 0 Å². The Morgan fingerprint density at radius 3 is 2.88 bits per heavy atom. The number of nitrogens with zero attached hydrogens (tertiary/aromatic N) is 6. The van der Waals surface area contributed by atoms with Crippen LogP contribution in [0.5, 0.6) is 0 Å². The smallest absolute Gasteiger partial charge is 0.269 e. The number of amides is 1. The van der Waals surface area contributed by atoms with Crippen LogP contribution in [0.1, 0.15) is 36.8 Å². The third-order valence-electron chi connectivity index (χ3n) is 7.27. The van der Waals surface area contributed by atoms with Gasteiger partial charge in [0.05, 0.1) is 55.2 Å². The highest BCUT2D eigenvalue weighted by Gasteiger charge is 2.45. The first-order chi connectivity index (χ1) is 16.5. The van der Waals surface area contributed by atoms with Crippen molar-refractivity contribution >= 4 is 17.4 Å². The zero-order chi connectivity index (χ0) is 23.7. The minimum Gasteiger partial charge on any atom is -0.379 e. The number of ether oxygens (including phenoxy) is 1. The lowest BCUT2D eigenvalue weighted by molar-refractivity contribution is -0.133. The summed E-state index contributed by atoms with van der Waals surface area (Å²) in [7, 11) is 0. The molecule has 1 amide bonds. The summed E-state index contributed by atoms with van der Waals surface area (Å²) in [6, 6.07) is 6.42. The Labute approximate surface area is 198 Å². The average molecular weight is 464 g/mol. The lowest BCUT2D eigenvalue weighted by atomic mass is 10.2. The fourth-order valence-electron chi connectivity index (χ4n) is 5.46. The Morgan fingerprint density at radius 1 is 1.26 bits per heavy atom. The van der Waals surface area contributed by atoms with Gasteiger partial charge in [0.2, 0.25) is 5.91 Å². The molecule has 2 aromatic heterocycles. The molecular weight excluding hydrogens is 434 g/mol. The molecule has 10 heteroatoms. The highest BCUT2D eigenvalue weighted by atomic mass is 16.5. The number of aromatic nitrogens is 3. The maximum absolute atomic E-state index is 12.8. The van der Waals surface area contributed by atoms with Gasteiger partial charge >= 0.3 is 0 Å². The van der Waals surface area contributed by atoms with Crippen molar-refractivity contribution in [3.8, 4) is 6.07 Å². The van der Waals surface area contributed by atoms with Crippen molar-refractivity contribution < 1.29 is 9.53 Å². The van der Waals surface area contributed by atoms with Crippen LogP contribution < -0.4 is 15.4 Å². The quantitative estimate of drug-likeness (QED) is 0.609. The topological polar surface area (TPSA) is 118 Å². The number of hydrogen-bond donors (Lipinski definition) is 1. The molecule has 0 unspecified atom stereocenters. The molecule has 2 aromatic rings. The van der Waals surface area contributed by atoms with Gasteiger partial charge < -0.3 is 19.4 Å². The molecule has 34 heavy (non-hydrogen) atoms. The van der Waals surface area contributed by atoms with Crippen LogP contribution in [0.2, 0.25) is 0 Å². The molecule has 0 spiro atoms. The van der Waals surface area contributed by atoms with Gasteiger partial charge in [-0.05, 0) is 38.3 Å². The van der Waals surface area contributed by atoms with Crippen molar-refractivity contribution in [1.29, 1.82) is 5.26 Å². The number of hydrogen-bond acceptors (Lipinski definition) is 8. The van der Waals surface area contributed by atoms with Gasteiger partial charge in [-0.15, -0.1) is 0 Å². The van der Waals surface area contributed by atoms with Crippen LogP contribution in [0.15, 0.2) is 29.3 Å². The van der Waals surface area contributed by atoms with Gasteiger partial charge in [-0.1, -0.05) is 0 Å². The van der Waals surface area contributed by atoms with Crippen molar-refractivity contribution in [3.05, 3.63) is 46.0 Å². The Balaban J connectivity index is 1.09. The van der Waals surface area contributed by atoms with Gasteiger partial charge in [-0.2, -0.15) is 10.4 Å². The van der Waals surface area contributed by atoms with E-state index in [1.54, 1.807) is 18.5 Å². The summed E-state index contributed by atoms with van der Waals surface area (Å²) < 4.78 is 5.92. The number of likely N-dealkylation sites (tertiary alicyclic amines) is 1. The van der Waals surface area contributed by atoms with Crippen molar-refractivity contribution in [3.63, 3.8) is 0 Å². The Morgan fingerprint density at radius 2 is 2.15 bits per heavy atom. The monoisotopic (exact) mass is 463 g/mol. The van der Waals surface area contributed by atoms with E-state index in [1.165, 1.54) is 0 Å². The summed E-state index contributed by atoms with van der Waals surface area (Å²) in [4.78, 5) is 35.6. The molecule has 5 heterocycles. The van der Waals surface area contributed by atoms with E-state index in [4.69, 9.17) is 10.00 Å². The molecule has 0 aliphatic carbocycles. The zero-order valence-electron chi connectivity index (χ0n) is 19.3. The van der Waals surface area contributed by atoms with Crippen LogP contribution in [-0.4, -0.2) is 77.0 Å². The van der Waals surface area contributed by atoms with E-state index in [1.807, 2.05) is 17.9 Å². The minimum absolute atomic E-state index is 0.137. The number of pyridine rings is 1. The highest BCUT2D eigenvalue weighted by molar-refractivity contribution is 5.77. The number of fused-ring (bicyclic) bond motifs is 2. The van der Waals surface area contributed by atoms with E-state index in [0.29, 0.717) is 37.3 Å². The van der Waals surface area contributed by atoms with Crippen LogP contribution in [0.4, 0.5) is 11.5 Å². The molecule has 10 nitrogen and oxygen atoms in total. The number of carbonyl (C=O) groups is 1. The van der Waals surface area contributed by atoms with Crippen molar-refractivity contribution in [2.75, 3.05) is 42.6 Å². The molecule has 3 aliphatic rings. The number of rotatable bonds is 7. The van der Waals surface area contributed by atoms with Gasteiger partial charge in [0.15, 0.2) is 0 Å². The fraction of sp³-hybridized carbons (Fsp3) is 0.542. The van der Waals surface area contributed by atoms with E-state index >= 15 is 0 Å². The van der Waals surface area contributed by atoms with Gasteiger partial charge in [-0.3, -0.25) is 9.59 Å². The number of H-pyrrole nitrogens is 1. The SMILES string of the molecule is Cc1c(N2CCC[C@H]2COCCC(=O)N2C[C@H]3C[C@@H]2CN3c2ccc(C#N)cn2)cn[nH]c1=O. The normalized spacial score (nSPS) is 23.5. The number of nitrogens with one attached hydrogen (secondary N) is 1. The second kappa shape index (κ2) is 9.43. The second-order valence-corrected chi connectivity index (χ2v) is 9.28. The van der Waals surface area contributed by atoms with Crippen LogP contribution in [0.3, 0.4) is 0 Å². The molecule has 3 fully saturated rings. The van der Waals surface area contributed by atoms with E-state index in [9.17, 15) is 9.59 Å². The maximum atomic E-state index is 12.8. The lowest BCUT2D eigenvalue weighted by Gasteiger charge is -2.35.